The lowest BCUT2D eigenvalue weighted by Crippen LogP contribution is -2.02. The zero-order valence-corrected chi connectivity index (χ0v) is 8.42. The fourth-order valence-electron chi connectivity index (χ4n) is 1.73. The van der Waals surface area contributed by atoms with Gasteiger partial charge in [-0.15, -0.1) is 0 Å². The third-order valence-corrected chi connectivity index (χ3v) is 2.86. The summed E-state index contributed by atoms with van der Waals surface area (Å²) >= 11 is 0. The van der Waals surface area contributed by atoms with Crippen molar-refractivity contribution in [3.63, 3.8) is 0 Å². The Morgan fingerprint density at radius 1 is 1.33 bits per heavy atom. The number of hydrogen-bond acceptors (Lipinski definition) is 1. The van der Waals surface area contributed by atoms with Gasteiger partial charge in [0.15, 0.2) is 0 Å². The number of hydrogen-bond donors (Lipinski definition) is 1. The molecule has 1 saturated carbocycles. The second kappa shape index (κ2) is 4.27. The van der Waals surface area contributed by atoms with Crippen LogP contribution in [0.4, 0.5) is 8.78 Å². The van der Waals surface area contributed by atoms with Gasteiger partial charge >= 0.3 is 0 Å². The van der Waals surface area contributed by atoms with E-state index in [1.54, 1.807) is 0 Å². The van der Waals surface area contributed by atoms with Gasteiger partial charge in [-0.25, -0.2) is 8.78 Å². The van der Waals surface area contributed by atoms with Gasteiger partial charge in [0, 0.05) is 5.56 Å². The maximum Gasteiger partial charge on any atom is 0.129 e. The smallest absolute Gasteiger partial charge is 0.129 e. The van der Waals surface area contributed by atoms with Crippen LogP contribution in [0.1, 0.15) is 37.4 Å². The Morgan fingerprint density at radius 2 is 2.07 bits per heavy atom. The van der Waals surface area contributed by atoms with Crippen molar-refractivity contribution in [1.29, 1.82) is 0 Å². The summed E-state index contributed by atoms with van der Waals surface area (Å²) in [5.74, 6) is -0.340. The van der Waals surface area contributed by atoms with Gasteiger partial charge in [-0.05, 0) is 37.0 Å². The maximum atomic E-state index is 13.2. The Balaban J connectivity index is 2.02. The lowest BCUT2D eigenvalue weighted by Gasteiger charge is -2.11. The molecule has 1 aliphatic carbocycles. The largest absolute Gasteiger partial charge is 0.388 e. The van der Waals surface area contributed by atoms with Crippen LogP contribution in [0, 0.1) is 17.6 Å². The van der Waals surface area contributed by atoms with Crippen molar-refractivity contribution in [2.75, 3.05) is 0 Å². The fourth-order valence-corrected chi connectivity index (χ4v) is 1.73. The first kappa shape index (κ1) is 10.6. The minimum atomic E-state index is -0.874. The van der Waals surface area contributed by atoms with Gasteiger partial charge in [0.2, 0.25) is 0 Å². The molecule has 1 aliphatic rings. The topological polar surface area (TPSA) is 20.2 Å². The standard InChI is InChI=1S/C12H14F2O/c13-9-4-5-11(14)10(7-9)12(15)6-3-8-1-2-8/h4-5,7-8,12,15H,1-3,6H2. The Labute approximate surface area is 87.7 Å². The molecule has 0 radical (unpaired) electrons. The third kappa shape index (κ3) is 2.75. The van der Waals surface area contributed by atoms with Crippen LogP contribution in [0.2, 0.25) is 0 Å². The Hall–Kier alpha value is -0.960. The molecule has 1 aromatic rings. The first-order valence-corrected chi connectivity index (χ1v) is 5.30. The van der Waals surface area contributed by atoms with Gasteiger partial charge in [0.25, 0.3) is 0 Å². The molecule has 1 fully saturated rings. The predicted molar refractivity (Wildman–Crippen MR) is 53.3 cm³/mol. The number of aliphatic hydroxyl groups excluding tert-OH is 1. The summed E-state index contributed by atoms with van der Waals surface area (Å²) in [6.45, 7) is 0. The summed E-state index contributed by atoms with van der Waals surface area (Å²) in [5.41, 5.74) is 0.0793. The van der Waals surface area contributed by atoms with Crippen LogP contribution in [0.3, 0.4) is 0 Å². The van der Waals surface area contributed by atoms with Crippen molar-refractivity contribution >= 4 is 0 Å². The highest BCUT2D eigenvalue weighted by Crippen LogP contribution is 2.36. The lowest BCUT2D eigenvalue weighted by molar-refractivity contribution is 0.157. The number of benzene rings is 1. The van der Waals surface area contributed by atoms with Gasteiger partial charge in [-0.2, -0.15) is 0 Å². The van der Waals surface area contributed by atoms with Crippen molar-refractivity contribution in [1.82, 2.24) is 0 Å². The monoisotopic (exact) mass is 212 g/mol. The Bertz CT molecular complexity index is 347. The zero-order chi connectivity index (χ0) is 10.8. The van der Waals surface area contributed by atoms with Gasteiger partial charge < -0.3 is 5.11 Å². The Kier molecular flexibility index (Phi) is 3.00. The van der Waals surface area contributed by atoms with Gasteiger partial charge in [0.1, 0.15) is 11.6 Å². The molecule has 1 nitrogen and oxygen atoms in total. The molecule has 3 heteroatoms. The van der Waals surface area contributed by atoms with Gasteiger partial charge in [0.05, 0.1) is 6.10 Å². The molecule has 1 unspecified atom stereocenters. The normalized spacial score (nSPS) is 17.8. The van der Waals surface area contributed by atoms with Crippen LogP contribution in [0.5, 0.6) is 0 Å². The molecule has 2 rings (SSSR count). The summed E-state index contributed by atoms with van der Waals surface area (Å²) in [5, 5.41) is 9.70. The van der Waals surface area contributed by atoms with E-state index in [1.807, 2.05) is 0 Å². The average molecular weight is 212 g/mol. The predicted octanol–water partition coefficient (Wildman–Crippen LogP) is 3.19. The molecule has 0 bridgehead atoms. The van der Waals surface area contributed by atoms with E-state index in [0.29, 0.717) is 12.3 Å². The van der Waals surface area contributed by atoms with E-state index in [4.69, 9.17) is 0 Å². The molecule has 15 heavy (non-hydrogen) atoms. The van der Waals surface area contributed by atoms with E-state index < -0.39 is 17.7 Å². The van der Waals surface area contributed by atoms with E-state index in [-0.39, 0.29) is 5.56 Å². The van der Waals surface area contributed by atoms with Crippen molar-refractivity contribution in [2.24, 2.45) is 5.92 Å². The summed E-state index contributed by atoms with van der Waals surface area (Å²) in [6.07, 6.45) is 2.96. The van der Waals surface area contributed by atoms with E-state index in [0.717, 1.165) is 24.6 Å². The molecule has 82 valence electrons. The minimum Gasteiger partial charge on any atom is -0.388 e. The molecule has 0 aliphatic heterocycles. The van der Waals surface area contributed by atoms with Crippen LogP contribution < -0.4 is 0 Å². The Morgan fingerprint density at radius 3 is 2.73 bits per heavy atom. The fraction of sp³-hybridized carbons (Fsp3) is 0.500. The van der Waals surface area contributed by atoms with Crippen molar-refractivity contribution in [2.45, 2.75) is 31.8 Å². The zero-order valence-electron chi connectivity index (χ0n) is 8.42. The van der Waals surface area contributed by atoms with E-state index in [9.17, 15) is 13.9 Å². The van der Waals surface area contributed by atoms with Crippen molar-refractivity contribution < 1.29 is 13.9 Å². The third-order valence-electron chi connectivity index (χ3n) is 2.86. The minimum absolute atomic E-state index is 0.0793. The number of halogens is 2. The molecule has 0 saturated heterocycles. The summed E-state index contributed by atoms with van der Waals surface area (Å²) in [6, 6.07) is 3.20. The summed E-state index contributed by atoms with van der Waals surface area (Å²) < 4.78 is 26.1. The molecule has 0 amide bonds. The highest BCUT2D eigenvalue weighted by Gasteiger charge is 2.23. The molecule has 0 heterocycles. The molecule has 1 atom stereocenters. The van der Waals surface area contributed by atoms with Gasteiger partial charge in [-0.3, -0.25) is 0 Å². The van der Waals surface area contributed by atoms with Crippen molar-refractivity contribution in [3.8, 4) is 0 Å². The molecule has 0 spiro atoms. The molecular formula is C12H14F2O. The number of aliphatic hydroxyl groups is 1. The number of rotatable bonds is 4. The molecule has 1 aromatic carbocycles. The first-order valence-electron chi connectivity index (χ1n) is 5.30. The van der Waals surface area contributed by atoms with E-state index >= 15 is 0 Å². The molecule has 0 aromatic heterocycles. The van der Waals surface area contributed by atoms with Crippen LogP contribution >= 0.6 is 0 Å². The van der Waals surface area contributed by atoms with Gasteiger partial charge in [-0.1, -0.05) is 12.8 Å². The van der Waals surface area contributed by atoms with E-state index in [2.05, 4.69) is 0 Å². The van der Waals surface area contributed by atoms with Crippen LogP contribution in [-0.2, 0) is 0 Å². The quantitative estimate of drug-likeness (QED) is 0.812. The van der Waals surface area contributed by atoms with Crippen molar-refractivity contribution in [3.05, 3.63) is 35.4 Å². The van der Waals surface area contributed by atoms with E-state index in [1.165, 1.54) is 12.8 Å². The molecule has 1 N–H and O–H groups in total. The maximum absolute atomic E-state index is 13.2. The second-order valence-corrected chi connectivity index (χ2v) is 4.20. The first-order chi connectivity index (χ1) is 7.16. The van der Waals surface area contributed by atoms with Crippen LogP contribution in [0.25, 0.3) is 0 Å². The highest BCUT2D eigenvalue weighted by molar-refractivity contribution is 5.20. The van der Waals surface area contributed by atoms with Crippen LogP contribution in [-0.4, -0.2) is 5.11 Å². The lowest BCUT2D eigenvalue weighted by atomic mass is 10.0. The highest BCUT2D eigenvalue weighted by atomic mass is 19.1. The summed E-state index contributed by atoms with van der Waals surface area (Å²) in [4.78, 5) is 0. The average Bonchev–Trinajstić information content (AvgIpc) is 3.02. The molecular weight excluding hydrogens is 198 g/mol. The second-order valence-electron chi connectivity index (χ2n) is 4.20. The van der Waals surface area contributed by atoms with Crippen LogP contribution in [0.15, 0.2) is 18.2 Å². The SMILES string of the molecule is OC(CCC1CC1)c1cc(F)ccc1F. The summed E-state index contributed by atoms with van der Waals surface area (Å²) in [7, 11) is 0.